The van der Waals surface area contributed by atoms with Gasteiger partial charge in [0, 0.05) is 4.47 Å². The Hall–Kier alpha value is -1.67. The van der Waals surface area contributed by atoms with Gasteiger partial charge in [0.1, 0.15) is 17.5 Å². The van der Waals surface area contributed by atoms with E-state index in [4.69, 9.17) is 15.9 Å². The first-order valence-electron chi connectivity index (χ1n) is 6.69. The third kappa shape index (κ3) is 4.15. The van der Waals surface area contributed by atoms with Crippen LogP contribution in [0.3, 0.4) is 0 Å². The van der Waals surface area contributed by atoms with Gasteiger partial charge in [-0.15, -0.1) is 6.42 Å². The van der Waals surface area contributed by atoms with Crippen molar-refractivity contribution < 1.29 is 14.3 Å². The van der Waals surface area contributed by atoms with Crippen LogP contribution in [0.4, 0.5) is 4.79 Å². The second-order valence-electron chi connectivity index (χ2n) is 5.91. The first kappa shape index (κ1) is 15.7. The fraction of sp³-hybridized carbons (Fsp3) is 0.438. The van der Waals surface area contributed by atoms with Gasteiger partial charge < -0.3 is 14.4 Å². The number of hydrogen-bond donors (Lipinski definition) is 0. The average molecular weight is 352 g/mol. The molecule has 0 unspecified atom stereocenters. The number of carbonyl (C=O) groups is 1. The summed E-state index contributed by atoms with van der Waals surface area (Å²) in [6, 6.07) is 5.53. The third-order valence-electron chi connectivity index (χ3n) is 2.89. The van der Waals surface area contributed by atoms with E-state index in [-0.39, 0.29) is 12.2 Å². The molecular formula is C16H18BrNO3. The van der Waals surface area contributed by atoms with E-state index in [2.05, 4.69) is 21.9 Å². The van der Waals surface area contributed by atoms with E-state index in [1.807, 2.05) is 39.0 Å². The quantitative estimate of drug-likeness (QED) is 0.766. The van der Waals surface area contributed by atoms with E-state index < -0.39 is 5.60 Å². The first-order chi connectivity index (χ1) is 9.78. The lowest BCUT2D eigenvalue weighted by Crippen LogP contribution is -2.57. The smallest absolute Gasteiger partial charge is 0.410 e. The summed E-state index contributed by atoms with van der Waals surface area (Å²) in [5.41, 5.74) is 0.221. The normalized spacial score (nSPS) is 15.1. The molecule has 21 heavy (non-hydrogen) atoms. The Morgan fingerprint density at radius 3 is 2.67 bits per heavy atom. The van der Waals surface area contributed by atoms with Gasteiger partial charge in [-0.25, -0.2) is 4.79 Å². The zero-order valence-electron chi connectivity index (χ0n) is 12.4. The molecule has 112 valence electrons. The molecule has 0 atom stereocenters. The summed E-state index contributed by atoms with van der Waals surface area (Å²) >= 11 is 3.39. The van der Waals surface area contributed by atoms with Crippen molar-refractivity contribution in [3.05, 3.63) is 28.2 Å². The molecule has 1 fully saturated rings. The minimum absolute atomic E-state index is 0.0566. The van der Waals surface area contributed by atoms with Crippen molar-refractivity contribution in [3.63, 3.8) is 0 Å². The van der Waals surface area contributed by atoms with E-state index >= 15 is 0 Å². The van der Waals surface area contributed by atoms with E-state index in [9.17, 15) is 4.79 Å². The molecule has 0 aliphatic carbocycles. The van der Waals surface area contributed by atoms with Crippen molar-refractivity contribution in [3.8, 4) is 18.1 Å². The number of benzene rings is 1. The molecule has 0 radical (unpaired) electrons. The number of halogens is 1. The number of hydrogen-bond acceptors (Lipinski definition) is 3. The van der Waals surface area contributed by atoms with E-state index in [1.54, 1.807) is 4.90 Å². The summed E-state index contributed by atoms with van der Waals surface area (Å²) in [7, 11) is 0. The third-order valence-corrected chi connectivity index (χ3v) is 3.39. The van der Waals surface area contributed by atoms with Gasteiger partial charge in [-0.3, -0.25) is 0 Å². The number of amides is 1. The topological polar surface area (TPSA) is 38.8 Å². The minimum atomic E-state index is -0.482. The molecule has 0 aromatic heterocycles. The van der Waals surface area contributed by atoms with Crippen LogP contribution < -0.4 is 4.74 Å². The zero-order chi connectivity index (χ0) is 15.6. The molecule has 0 saturated carbocycles. The number of nitrogens with zero attached hydrogens (tertiary/aromatic N) is 1. The van der Waals surface area contributed by atoms with Crippen LogP contribution in [0, 0.1) is 12.3 Å². The Labute approximate surface area is 133 Å². The Bertz CT molecular complexity index is 580. The van der Waals surface area contributed by atoms with Crippen LogP contribution in [0.25, 0.3) is 0 Å². The standard InChI is InChI=1S/C16H18BrNO3/c1-5-11-6-7-12(17)8-14(11)20-13-9-18(10-13)15(19)21-16(2,3)4/h1,6-8,13H,9-10H2,2-4H3. The lowest BCUT2D eigenvalue weighted by atomic mass is 10.1. The number of ether oxygens (including phenoxy) is 2. The van der Waals surface area contributed by atoms with Gasteiger partial charge in [0.2, 0.25) is 0 Å². The second kappa shape index (κ2) is 5.98. The maximum atomic E-state index is 11.8. The minimum Gasteiger partial charge on any atom is -0.485 e. The summed E-state index contributed by atoms with van der Waals surface area (Å²) in [4.78, 5) is 13.4. The van der Waals surface area contributed by atoms with Crippen molar-refractivity contribution in [1.82, 2.24) is 4.90 Å². The van der Waals surface area contributed by atoms with Gasteiger partial charge in [0.25, 0.3) is 0 Å². The molecule has 1 amide bonds. The van der Waals surface area contributed by atoms with Crippen molar-refractivity contribution in [1.29, 1.82) is 0 Å². The Morgan fingerprint density at radius 1 is 1.43 bits per heavy atom. The van der Waals surface area contributed by atoms with Crippen LogP contribution >= 0.6 is 15.9 Å². The fourth-order valence-electron chi connectivity index (χ4n) is 1.88. The molecule has 0 spiro atoms. The molecule has 0 bridgehead atoms. The highest BCUT2D eigenvalue weighted by Crippen LogP contribution is 2.26. The molecule has 1 aliphatic heterocycles. The van der Waals surface area contributed by atoms with Crippen molar-refractivity contribution in [2.75, 3.05) is 13.1 Å². The lowest BCUT2D eigenvalue weighted by Gasteiger charge is -2.39. The highest BCUT2D eigenvalue weighted by atomic mass is 79.9. The number of terminal acetylenes is 1. The van der Waals surface area contributed by atoms with Crippen LogP contribution in [0.1, 0.15) is 26.3 Å². The van der Waals surface area contributed by atoms with Gasteiger partial charge in [-0.1, -0.05) is 21.9 Å². The van der Waals surface area contributed by atoms with E-state index in [1.165, 1.54) is 0 Å². The van der Waals surface area contributed by atoms with Gasteiger partial charge >= 0.3 is 6.09 Å². The number of rotatable bonds is 2. The summed E-state index contributed by atoms with van der Waals surface area (Å²) in [6.45, 7) is 6.55. The lowest BCUT2D eigenvalue weighted by molar-refractivity contribution is -0.0222. The summed E-state index contributed by atoms with van der Waals surface area (Å²) < 4.78 is 12.0. The molecule has 1 aromatic carbocycles. The number of carbonyl (C=O) groups excluding carboxylic acids is 1. The van der Waals surface area contributed by atoms with Crippen molar-refractivity contribution >= 4 is 22.0 Å². The van der Waals surface area contributed by atoms with Gasteiger partial charge in [-0.2, -0.15) is 0 Å². The Balaban J connectivity index is 1.90. The van der Waals surface area contributed by atoms with Crippen molar-refractivity contribution in [2.45, 2.75) is 32.5 Å². The molecule has 0 N–H and O–H groups in total. The van der Waals surface area contributed by atoms with Crippen LogP contribution in [-0.4, -0.2) is 35.8 Å². The predicted molar refractivity (Wildman–Crippen MR) is 84.3 cm³/mol. The molecule has 1 aliphatic rings. The maximum Gasteiger partial charge on any atom is 0.410 e. The van der Waals surface area contributed by atoms with Gasteiger partial charge in [0.15, 0.2) is 0 Å². The summed E-state index contributed by atoms with van der Waals surface area (Å²) in [5, 5.41) is 0. The second-order valence-corrected chi connectivity index (χ2v) is 6.83. The Morgan fingerprint density at radius 2 is 2.10 bits per heavy atom. The fourth-order valence-corrected chi connectivity index (χ4v) is 2.22. The molecular weight excluding hydrogens is 334 g/mol. The van der Waals surface area contributed by atoms with E-state index in [0.29, 0.717) is 24.4 Å². The molecule has 5 heteroatoms. The molecule has 1 aromatic rings. The predicted octanol–water partition coefficient (Wildman–Crippen LogP) is 3.43. The van der Waals surface area contributed by atoms with Crippen LogP contribution in [0.15, 0.2) is 22.7 Å². The van der Waals surface area contributed by atoms with Crippen LogP contribution in [-0.2, 0) is 4.74 Å². The van der Waals surface area contributed by atoms with Gasteiger partial charge in [-0.05, 0) is 39.0 Å². The van der Waals surface area contributed by atoms with Crippen LogP contribution in [0.2, 0.25) is 0 Å². The van der Waals surface area contributed by atoms with Crippen molar-refractivity contribution in [2.24, 2.45) is 0 Å². The average Bonchev–Trinajstić information content (AvgIpc) is 2.31. The van der Waals surface area contributed by atoms with Crippen LogP contribution in [0.5, 0.6) is 5.75 Å². The highest BCUT2D eigenvalue weighted by Gasteiger charge is 2.35. The van der Waals surface area contributed by atoms with Gasteiger partial charge in [0.05, 0.1) is 18.7 Å². The monoisotopic (exact) mass is 351 g/mol. The molecule has 1 saturated heterocycles. The molecule has 1 heterocycles. The Kier molecular flexibility index (Phi) is 4.48. The molecule has 4 nitrogen and oxygen atoms in total. The number of likely N-dealkylation sites (tertiary alicyclic amines) is 1. The molecule has 2 rings (SSSR count). The van der Waals surface area contributed by atoms with E-state index in [0.717, 1.165) is 4.47 Å². The zero-order valence-corrected chi connectivity index (χ0v) is 13.9. The summed E-state index contributed by atoms with van der Waals surface area (Å²) in [6.07, 6.45) is 5.08. The highest BCUT2D eigenvalue weighted by molar-refractivity contribution is 9.10. The largest absolute Gasteiger partial charge is 0.485 e. The SMILES string of the molecule is C#Cc1ccc(Br)cc1OC1CN(C(=O)OC(C)(C)C)C1. The first-order valence-corrected chi connectivity index (χ1v) is 7.48. The maximum absolute atomic E-state index is 11.8. The summed E-state index contributed by atoms with van der Waals surface area (Å²) in [5.74, 6) is 3.24.